The Bertz CT molecular complexity index is 613. The van der Waals surface area contributed by atoms with Gasteiger partial charge in [-0.05, 0) is 37.0 Å². The number of anilines is 2. The Balaban J connectivity index is 2.19. The first kappa shape index (κ1) is 18.1. The van der Waals surface area contributed by atoms with Crippen molar-refractivity contribution in [2.24, 2.45) is 5.92 Å². The number of carbonyl (C=O) groups is 2. The van der Waals surface area contributed by atoms with Crippen molar-refractivity contribution in [1.29, 1.82) is 0 Å². The van der Waals surface area contributed by atoms with Crippen molar-refractivity contribution in [2.75, 3.05) is 37.4 Å². The van der Waals surface area contributed by atoms with Gasteiger partial charge in [0.05, 0.1) is 0 Å². The molecular formula is C18H28N4O2. The van der Waals surface area contributed by atoms with E-state index in [9.17, 15) is 9.59 Å². The number of urea groups is 1. The van der Waals surface area contributed by atoms with Crippen molar-refractivity contribution in [3.63, 3.8) is 0 Å². The van der Waals surface area contributed by atoms with Gasteiger partial charge in [-0.3, -0.25) is 4.79 Å². The van der Waals surface area contributed by atoms with Gasteiger partial charge in [-0.25, -0.2) is 4.79 Å². The summed E-state index contributed by atoms with van der Waals surface area (Å²) in [6.45, 7) is 7.13. The number of hydrogen-bond acceptors (Lipinski definition) is 3. The highest BCUT2D eigenvalue weighted by atomic mass is 16.2. The molecule has 6 nitrogen and oxygen atoms in total. The number of amides is 3. The van der Waals surface area contributed by atoms with E-state index in [1.54, 1.807) is 4.90 Å². The minimum absolute atomic E-state index is 0.0659. The zero-order chi connectivity index (χ0) is 17.9. The van der Waals surface area contributed by atoms with E-state index in [-0.39, 0.29) is 11.9 Å². The molecule has 0 aromatic heterocycles. The molecule has 1 aromatic carbocycles. The van der Waals surface area contributed by atoms with Gasteiger partial charge in [0.15, 0.2) is 0 Å². The van der Waals surface area contributed by atoms with Crippen molar-refractivity contribution in [3.8, 4) is 0 Å². The number of nitrogens with one attached hydrogen (secondary N) is 2. The standard InChI is InChI=1S/C18H28N4O2/c1-12(2)11-16-17(23)19-9-10-22(16)18(24)20-14-7-6-8-15(13(14)3)21(4)5/h6-8,12,16H,9-11H2,1-5H3,(H,19,23)(H,20,24)/t16-/m1/s1. The van der Waals surface area contributed by atoms with Gasteiger partial charge in [0.1, 0.15) is 6.04 Å². The van der Waals surface area contributed by atoms with Crippen LogP contribution in [-0.2, 0) is 4.79 Å². The van der Waals surface area contributed by atoms with Crippen LogP contribution in [0.5, 0.6) is 0 Å². The number of benzene rings is 1. The quantitative estimate of drug-likeness (QED) is 0.890. The van der Waals surface area contributed by atoms with Crippen LogP contribution in [0.1, 0.15) is 25.8 Å². The van der Waals surface area contributed by atoms with Crippen LogP contribution >= 0.6 is 0 Å². The number of hydrogen-bond donors (Lipinski definition) is 2. The fourth-order valence-corrected chi connectivity index (χ4v) is 3.07. The molecule has 24 heavy (non-hydrogen) atoms. The third kappa shape index (κ3) is 3.99. The highest BCUT2D eigenvalue weighted by Crippen LogP contribution is 2.26. The maximum Gasteiger partial charge on any atom is 0.322 e. The third-order valence-corrected chi connectivity index (χ3v) is 4.31. The summed E-state index contributed by atoms with van der Waals surface area (Å²) in [5.41, 5.74) is 2.85. The summed E-state index contributed by atoms with van der Waals surface area (Å²) >= 11 is 0. The fourth-order valence-electron chi connectivity index (χ4n) is 3.07. The van der Waals surface area contributed by atoms with E-state index in [1.165, 1.54) is 0 Å². The molecule has 1 saturated heterocycles. The van der Waals surface area contributed by atoms with Gasteiger partial charge in [0.25, 0.3) is 0 Å². The summed E-state index contributed by atoms with van der Waals surface area (Å²) in [6.07, 6.45) is 0.663. The molecule has 1 aliphatic heterocycles. The van der Waals surface area contributed by atoms with Crippen LogP contribution in [0.4, 0.5) is 16.2 Å². The Morgan fingerprint density at radius 1 is 1.42 bits per heavy atom. The predicted octanol–water partition coefficient (Wildman–Crippen LogP) is 2.44. The largest absolute Gasteiger partial charge is 0.377 e. The summed E-state index contributed by atoms with van der Waals surface area (Å²) < 4.78 is 0. The molecule has 6 heteroatoms. The highest BCUT2D eigenvalue weighted by molar-refractivity contribution is 5.95. The Kier molecular flexibility index (Phi) is 5.70. The van der Waals surface area contributed by atoms with Crippen LogP contribution < -0.4 is 15.5 Å². The molecule has 132 valence electrons. The lowest BCUT2D eigenvalue weighted by Crippen LogP contribution is -2.58. The van der Waals surface area contributed by atoms with Crippen molar-refractivity contribution < 1.29 is 9.59 Å². The zero-order valence-electron chi connectivity index (χ0n) is 15.2. The molecule has 2 rings (SSSR count). The molecule has 1 aliphatic rings. The number of piperazine rings is 1. The maximum absolute atomic E-state index is 12.8. The molecule has 1 atom stereocenters. The van der Waals surface area contributed by atoms with Crippen LogP contribution in [0, 0.1) is 12.8 Å². The Hall–Kier alpha value is -2.24. The highest BCUT2D eigenvalue weighted by Gasteiger charge is 2.33. The van der Waals surface area contributed by atoms with Crippen LogP contribution in [0.15, 0.2) is 18.2 Å². The van der Waals surface area contributed by atoms with E-state index < -0.39 is 6.04 Å². The van der Waals surface area contributed by atoms with Gasteiger partial charge in [0.2, 0.25) is 5.91 Å². The average Bonchev–Trinajstić information content (AvgIpc) is 2.50. The van der Waals surface area contributed by atoms with Crippen LogP contribution in [0.25, 0.3) is 0 Å². The summed E-state index contributed by atoms with van der Waals surface area (Å²) in [6, 6.07) is 5.21. The molecule has 1 aromatic rings. The Morgan fingerprint density at radius 3 is 2.75 bits per heavy atom. The molecule has 0 radical (unpaired) electrons. The molecule has 3 amide bonds. The zero-order valence-corrected chi connectivity index (χ0v) is 15.2. The maximum atomic E-state index is 12.8. The topological polar surface area (TPSA) is 64.7 Å². The second kappa shape index (κ2) is 7.55. The molecule has 0 saturated carbocycles. The van der Waals surface area contributed by atoms with E-state index in [1.807, 2.05) is 44.1 Å². The lowest BCUT2D eigenvalue weighted by Gasteiger charge is -2.36. The van der Waals surface area contributed by atoms with Gasteiger partial charge in [0, 0.05) is 38.6 Å². The molecule has 1 heterocycles. The Labute approximate surface area is 144 Å². The van der Waals surface area contributed by atoms with Crippen molar-refractivity contribution in [3.05, 3.63) is 23.8 Å². The van der Waals surface area contributed by atoms with E-state index in [0.717, 1.165) is 16.9 Å². The normalized spacial score (nSPS) is 17.7. The minimum atomic E-state index is -0.406. The number of carbonyl (C=O) groups excluding carboxylic acids is 2. The van der Waals surface area contributed by atoms with Crippen LogP contribution in [0.2, 0.25) is 0 Å². The second-order valence-corrected chi connectivity index (χ2v) is 6.90. The van der Waals surface area contributed by atoms with Gasteiger partial charge in [-0.2, -0.15) is 0 Å². The van der Waals surface area contributed by atoms with Crippen LogP contribution in [-0.4, -0.2) is 50.1 Å². The van der Waals surface area contributed by atoms with Crippen molar-refractivity contribution >= 4 is 23.3 Å². The number of nitrogens with zero attached hydrogens (tertiary/aromatic N) is 2. The molecular weight excluding hydrogens is 304 g/mol. The van der Waals surface area contributed by atoms with Gasteiger partial charge < -0.3 is 20.4 Å². The SMILES string of the molecule is Cc1c(NC(=O)N2CCNC(=O)[C@H]2CC(C)C)cccc1N(C)C. The smallest absolute Gasteiger partial charge is 0.322 e. The summed E-state index contributed by atoms with van der Waals surface area (Å²) in [4.78, 5) is 28.6. The van der Waals surface area contributed by atoms with Gasteiger partial charge >= 0.3 is 6.03 Å². The van der Waals surface area contributed by atoms with E-state index in [0.29, 0.717) is 25.4 Å². The third-order valence-electron chi connectivity index (χ3n) is 4.31. The van der Waals surface area contributed by atoms with Crippen molar-refractivity contribution in [2.45, 2.75) is 33.2 Å². The molecule has 0 spiro atoms. The Morgan fingerprint density at radius 2 is 2.12 bits per heavy atom. The van der Waals surface area contributed by atoms with Crippen LogP contribution in [0.3, 0.4) is 0 Å². The summed E-state index contributed by atoms with van der Waals surface area (Å²) in [7, 11) is 3.95. The molecule has 1 fully saturated rings. The fraction of sp³-hybridized carbons (Fsp3) is 0.556. The summed E-state index contributed by atoms with van der Waals surface area (Å²) in [5.74, 6) is 0.275. The van der Waals surface area contributed by atoms with Gasteiger partial charge in [-0.15, -0.1) is 0 Å². The molecule has 0 bridgehead atoms. The average molecular weight is 332 g/mol. The molecule has 0 unspecified atom stereocenters. The van der Waals surface area contributed by atoms with Crippen molar-refractivity contribution in [1.82, 2.24) is 10.2 Å². The monoisotopic (exact) mass is 332 g/mol. The molecule has 0 aliphatic carbocycles. The second-order valence-electron chi connectivity index (χ2n) is 6.90. The van der Waals surface area contributed by atoms with E-state index in [2.05, 4.69) is 24.5 Å². The van der Waals surface area contributed by atoms with Gasteiger partial charge in [-0.1, -0.05) is 19.9 Å². The van der Waals surface area contributed by atoms with E-state index in [4.69, 9.17) is 0 Å². The minimum Gasteiger partial charge on any atom is -0.377 e. The molecule has 2 N–H and O–H groups in total. The first-order valence-corrected chi connectivity index (χ1v) is 8.43. The summed E-state index contributed by atoms with van der Waals surface area (Å²) in [5, 5.41) is 5.83. The first-order chi connectivity index (χ1) is 11.3. The number of rotatable bonds is 4. The predicted molar refractivity (Wildman–Crippen MR) is 97.5 cm³/mol. The lowest BCUT2D eigenvalue weighted by molar-refractivity contribution is -0.128. The van der Waals surface area contributed by atoms with E-state index >= 15 is 0 Å². The first-order valence-electron chi connectivity index (χ1n) is 8.43. The lowest BCUT2D eigenvalue weighted by atomic mass is 10.0.